The molecule has 7 nitrogen and oxygen atoms in total. The molecular formula is C11H11F2NO6S. The lowest BCUT2D eigenvalue weighted by Crippen LogP contribution is -2.19. The van der Waals surface area contributed by atoms with Crippen LogP contribution in [0.5, 0.6) is 0 Å². The minimum absolute atomic E-state index is 0.209. The minimum atomic E-state index is -4.08. The van der Waals surface area contributed by atoms with Crippen molar-refractivity contribution in [1.82, 2.24) is 0 Å². The van der Waals surface area contributed by atoms with E-state index in [-0.39, 0.29) is 12.5 Å². The lowest BCUT2D eigenvalue weighted by Gasteiger charge is -2.09. The van der Waals surface area contributed by atoms with Crippen molar-refractivity contribution in [2.75, 3.05) is 10.5 Å². The molecule has 0 aliphatic carbocycles. The molecule has 0 atom stereocenters. The van der Waals surface area contributed by atoms with Crippen LogP contribution in [0.3, 0.4) is 0 Å². The van der Waals surface area contributed by atoms with Gasteiger partial charge in [-0.05, 0) is 12.5 Å². The maximum atomic E-state index is 13.4. The van der Waals surface area contributed by atoms with Crippen LogP contribution in [0.25, 0.3) is 0 Å². The van der Waals surface area contributed by atoms with Gasteiger partial charge in [0.15, 0.2) is 0 Å². The molecule has 0 spiro atoms. The Morgan fingerprint density at radius 2 is 1.76 bits per heavy atom. The second-order valence-electron chi connectivity index (χ2n) is 4.04. The Bertz CT molecular complexity index is 674. The molecule has 21 heavy (non-hydrogen) atoms. The van der Waals surface area contributed by atoms with Crippen molar-refractivity contribution < 1.29 is 37.0 Å². The van der Waals surface area contributed by atoms with Gasteiger partial charge in [0.1, 0.15) is 11.6 Å². The van der Waals surface area contributed by atoms with Crippen molar-refractivity contribution in [3.63, 3.8) is 0 Å². The maximum Gasteiger partial charge on any atom is 0.338 e. The first-order valence-electron chi connectivity index (χ1n) is 5.57. The molecule has 0 amide bonds. The number of hydrogen-bond donors (Lipinski definition) is 3. The SMILES string of the molecule is O=C(O)CCCS(=O)(=O)Nc1cc(C(=O)O)c(F)cc1F. The average Bonchev–Trinajstić information content (AvgIpc) is 2.31. The van der Waals surface area contributed by atoms with Gasteiger partial charge < -0.3 is 10.2 Å². The zero-order chi connectivity index (χ0) is 16.2. The summed E-state index contributed by atoms with van der Waals surface area (Å²) in [6.07, 6.45) is -0.605. The molecular weight excluding hydrogens is 312 g/mol. The molecule has 0 radical (unpaired) electrons. The molecule has 0 aliphatic rings. The van der Waals surface area contributed by atoms with Crippen molar-refractivity contribution in [2.24, 2.45) is 0 Å². The largest absolute Gasteiger partial charge is 0.481 e. The summed E-state index contributed by atoms with van der Waals surface area (Å²) < 4.78 is 51.5. The van der Waals surface area contributed by atoms with Crippen LogP contribution in [0, 0.1) is 11.6 Å². The predicted molar refractivity (Wildman–Crippen MR) is 67.6 cm³/mol. The van der Waals surface area contributed by atoms with Gasteiger partial charge in [-0.3, -0.25) is 9.52 Å². The number of nitrogens with one attached hydrogen (secondary N) is 1. The quantitative estimate of drug-likeness (QED) is 0.695. The minimum Gasteiger partial charge on any atom is -0.481 e. The van der Waals surface area contributed by atoms with Crippen LogP contribution in [0.2, 0.25) is 0 Å². The van der Waals surface area contributed by atoms with E-state index in [2.05, 4.69) is 0 Å². The molecule has 1 aromatic carbocycles. The van der Waals surface area contributed by atoms with Crippen LogP contribution in [-0.4, -0.2) is 36.3 Å². The second-order valence-corrected chi connectivity index (χ2v) is 5.88. The van der Waals surface area contributed by atoms with Gasteiger partial charge >= 0.3 is 11.9 Å². The third-order valence-electron chi connectivity index (χ3n) is 2.36. The van der Waals surface area contributed by atoms with E-state index < -0.39 is 57.0 Å². The molecule has 0 bridgehead atoms. The number of rotatable bonds is 7. The van der Waals surface area contributed by atoms with E-state index in [0.29, 0.717) is 6.07 Å². The van der Waals surface area contributed by atoms with Crippen molar-refractivity contribution >= 4 is 27.6 Å². The molecule has 116 valence electrons. The summed E-state index contributed by atoms with van der Waals surface area (Å²) in [4.78, 5) is 21.0. The number of hydrogen-bond acceptors (Lipinski definition) is 4. The van der Waals surface area contributed by atoms with Gasteiger partial charge in [0.05, 0.1) is 17.0 Å². The summed E-state index contributed by atoms with van der Waals surface area (Å²) in [6, 6.07) is 0.764. The number of carbonyl (C=O) groups is 2. The van der Waals surface area contributed by atoms with Gasteiger partial charge in [0.25, 0.3) is 0 Å². The number of aromatic carboxylic acids is 1. The number of aliphatic carboxylic acids is 1. The summed E-state index contributed by atoms with van der Waals surface area (Å²) >= 11 is 0. The average molecular weight is 323 g/mol. The molecule has 0 saturated carbocycles. The molecule has 1 aromatic rings. The normalized spacial score (nSPS) is 11.1. The number of carboxylic acids is 2. The molecule has 0 saturated heterocycles. The van der Waals surface area contributed by atoms with Gasteiger partial charge in [-0.15, -0.1) is 0 Å². The summed E-state index contributed by atoms with van der Waals surface area (Å²) in [6.45, 7) is 0. The molecule has 0 fully saturated rings. The maximum absolute atomic E-state index is 13.4. The highest BCUT2D eigenvalue weighted by atomic mass is 32.2. The highest BCUT2D eigenvalue weighted by Crippen LogP contribution is 2.21. The lowest BCUT2D eigenvalue weighted by atomic mass is 10.2. The Kier molecular flexibility index (Phi) is 5.19. The van der Waals surface area contributed by atoms with Gasteiger partial charge in [-0.25, -0.2) is 22.0 Å². The van der Waals surface area contributed by atoms with E-state index in [9.17, 15) is 26.8 Å². The van der Waals surface area contributed by atoms with Crippen LogP contribution >= 0.6 is 0 Å². The van der Waals surface area contributed by atoms with Crippen molar-refractivity contribution in [2.45, 2.75) is 12.8 Å². The zero-order valence-electron chi connectivity index (χ0n) is 10.5. The van der Waals surface area contributed by atoms with E-state index in [1.54, 1.807) is 4.72 Å². The first kappa shape index (κ1) is 16.8. The first-order chi connectivity index (χ1) is 9.62. The smallest absolute Gasteiger partial charge is 0.338 e. The molecule has 0 unspecified atom stereocenters. The zero-order valence-corrected chi connectivity index (χ0v) is 11.3. The topological polar surface area (TPSA) is 121 Å². The van der Waals surface area contributed by atoms with Crippen LogP contribution < -0.4 is 4.72 Å². The Morgan fingerprint density at radius 1 is 1.14 bits per heavy atom. The van der Waals surface area contributed by atoms with Crippen molar-refractivity contribution in [3.05, 3.63) is 29.3 Å². The van der Waals surface area contributed by atoms with Gasteiger partial charge in [0, 0.05) is 12.5 Å². The van der Waals surface area contributed by atoms with Crippen LogP contribution in [-0.2, 0) is 14.8 Å². The fourth-order valence-electron chi connectivity index (χ4n) is 1.42. The number of benzene rings is 1. The van der Waals surface area contributed by atoms with Gasteiger partial charge in [-0.1, -0.05) is 0 Å². The highest BCUT2D eigenvalue weighted by Gasteiger charge is 2.19. The van der Waals surface area contributed by atoms with E-state index in [1.165, 1.54) is 0 Å². The second kappa shape index (κ2) is 6.48. The monoisotopic (exact) mass is 323 g/mol. The summed E-state index contributed by atoms with van der Waals surface area (Å²) in [5.41, 5.74) is -1.61. The standard InChI is InChI=1S/C11H11F2NO6S/c12-7-5-8(13)9(4-6(7)11(17)18)14-21(19,20)3-1-2-10(15)16/h4-5,14H,1-3H2,(H,15,16)(H,17,18). The van der Waals surface area contributed by atoms with Crippen molar-refractivity contribution in [3.8, 4) is 0 Å². The molecule has 1 rings (SSSR count). The fourth-order valence-corrected chi connectivity index (χ4v) is 2.54. The Hall–Kier alpha value is -2.23. The van der Waals surface area contributed by atoms with Gasteiger partial charge in [0.2, 0.25) is 10.0 Å². The fraction of sp³-hybridized carbons (Fsp3) is 0.273. The lowest BCUT2D eigenvalue weighted by molar-refractivity contribution is -0.137. The Balaban J connectivity index is 2.94. The molecule has 0 aromatic heterocycles. The van der Waals surface area contributed by atoms with Crippen molar-refractivity contribution in [1.29, 1.82) is 0 Å². The third-order valence-corrected chi connectivity index (χ3v) is 3.71. The Morgan fingerprint density at radius 3 is 2.29 bits per heavy atom. The molecule has 0 aliphatic heterocycles. The number of halogens is 2. The summed E-state index contributed by atoms with van der Waals surface area (Å²) in [5.74, 6) is -6.09. The summed E-state index contributed by atoms with van der Waals surface area (Å²) in [7, 11) is -4.08. The first-order valence-corrected chi connectivity index (χ1v) is 7.22. The molecule has 0 heterocycles. The predicted octanol–water partition coefficient (Wildman–Crippen LogP) is 1.27. The Labute approximate surface area is 118 Å². The molecule has 10 heteroatoms. The number of carboxylic acid groups (broad SMARTS) is 2. The summed E-state index contributed by atoms with van der Waals surface area (Å²) in [5, 5.41) is 17.1. The highest BCUT2D eigenvalue weighted by molar-refractivity contribution is 7.92. The molecule has 3 N–H and O–H groups in total. The van der Waals surface area contributed by atoms with Crippen LogP contribution in [0.15, 0.2) is 12.1 Å². The third kappa shape index (κ3) is 4.99. The number of sulfonamides is 1. The van der Waals surface area contributed by atoms with Crippen LogP contribution in [0.1, 0.15) is 23.2 Å². The van der Waals surface area contributed by atoms with E-state index in [0.717, 1.165) is 0 Å². The van der Waals surface area contributed by atoms with Crippen LogP contribution in [0.4, 0.5) is 14.5 Å². The van der Waals surface area contributed by atoms with E-state index in [4.69, 9.17) is 10.2 Å². The number of anilines is 1. The van der Waals surface area contributed by atoms with Gasteiger partial charge in [-0.2, -0.15) is 0 Å². The van der Waals surface area contributed by atoms with E-state index in [1.807, 2.05) is 0 Å². The van der Waals surface area contributed by atoms with E-state index >= 15 is 0 Å².